The van der Waals surface area contributed by atoms with Crippen LogP contribution >= 0.6 is 0 Å². The molecular weight excluding hydrogens is 232 g/mol. The number of nitrogens with zero attached hydrogens (tertiary/aromatic N) is 1. The van der Waals surface area contributed by atoms with Gasteiger partial charge < -0.3 is 20.1 Å². The van der Waals surface area contributed by atoms with Gasteiger partial charge in [-0.1, -0.05) is 0 Å². The van der Waals surface area contributed by atoms with Crippen molar-refractivity contribution in [2.75, 3.05) is 40.4 Å². The van der Waals surface area contributed by atoms with Crippen molar-refractivity contribution in [1.29, 1.82) is 0 Å². The Morgan fingerprint density at radius 2 is 2.33 bits per heavy atom. The van der Waals surface area contributed by atoms with Crippen LogP contribution in [0.25, 0.3) is 0 Å². The zero-order chi connectivity index (χ0) is 13.6. The lowest BCUT2D eigenvalue weighted by atomic mass is 9.97. The smallest absolute Gasteiger partial charge is 0.323 e. The Kier molecular flexibility index (Phi) is 6.05. The normalized spacial score (nSPS) is 23.9. The molecule has 2 atom stereocenters. The number of aliphatic carboxylic acids is 1. The van der Waals surface area contributed by atoms with Crippen molar-refractivity contribution >= 4 is 5.97 Å². The largest absolute Gasteiger partial charge is 0.480 e. The minimum Gasteiger partial charge on any atom is -0.480 e. The molecule has 1 rings (SSSR count). The van der Waals surface area contributed by atoms with Crippen molar-refractivity contribution in [3.8, 4) is 0 Å². The zero-order valence-corrected chi connectivity index (χ0v) is 11.7. The lowest BCUT2D eigenvalue weighted by Gasteiger charge is -2.30. The molecule has 0 aromatic carbocycles. The summed E-state index contributed by atoms with van der Waals surface area (Å²) in [5.41, 5.74) is -0.836. The fourth-order valence-electron chi connectivity index (χ4n) is 2.24. The Morgan fingerprint density at radius 1 is 1.61 bits per heavy atom. The molecule has 0 aromatic rings. The van der Waals surface area contributed by atoms with Crippen LogP contribution in [0.1, 0.15) is 26.2 Å². The number of carboxylic acid groups (broad SMARTS) is 1. The van der Waals surface area contributed by atoms with Crippen LogP contribution in [-0.4, -0.2) is 61.9 Å². The summed E-state index contributed by atoms with van der Waals surface area (Å²) in [5, 5.41) is 12.1. The first-order valence-corrected chi connectivity index (χ1v) is 6.66. The van der Waals surface area contributed by atoms with E-state index in [0.29, 0.717) is 12.3 Å². The van der Waals surface area contributed by atoms with Crippen LogP contribution in [0.2, 0.25) is 0 Å². The van der Waals surface area contributed by atoms with Crippen LogP contribution < -0.4 is 5.32 Å². The number of rotatable bonds is 7. The SMILES string of the molecule is CNC(C)(CCN(C)CC1CCCOC1)C(=O)O. The fraction of sp³-hybridized carbons (Fsp3) is 0.923. The van der Waals surface area contributed by atoms with Gasteiger partial charge in [-0.3, -0.25) is 4.79 Å². The third-order valence-electron chi connectivity index (χ3n) is 3.84. The Morgan fingerprint density at radius 3 is 2.83 bits per heavy atom. The third kappa shape index (κ3) is 4.55. The Labute approximate surface area is 109 Å². The van der Waals surface area contributed by atoms with Crippen molar-refractivity contribution in [3.63, 3.8) is 0 Å². The average molecular weight is 258 g/mol. The topological polar surface area (TPSA) is 61.8 Å². The monoisotopic (exact) mass is 258 g/mol. The van der Waals surface area contributed by atoms with Crippen molar-refractivity contribution in [2.45, 2.75) is 31.7 Å². The Balaban J connectivity index is 2.31. The van der Waals surface area contributed by atoms with E-state index in [0.717, 1.165) is 32.7 Å². The van der Waals surface area contributed by atoms with Gasteiger partial charge in [-0.15, -0.1) is 0 Å². The lowest BCUT2D eigenvalue weighted by Crippen LogP contribution is -2.49. The second kappa shape index (κ2) is 7.07. The molecule has 18 heavy (non-hydrogen) atoms. The Hall–Kier alpha value is -0.650. The molecule has 0 aromatic heterocycles. The van der Waals surface area contributed by atoms with E-state index in [1.165, 1.54) is 6.42 Å². The fourth-order valence-corrected chi connectivity index (χ4v) is 2.24. The van der Waals surface area contributed by atoms with E-state index in [1.54, 1.807) is 14.0 Å². The molecule has 0 bridgehead atoms. The molecular formula is C13H26N2O3. The summed E-state index contributed by atoms with van der Waals surface area (Å²) in [5.74, 6) is -0.200. The van der Waals surface area contributed by atoms with Crippen LogP contribution in [0.4, 0.5) is 0 Å². The summed E-state index contributed by atoms with van der Waals surface area (Å²) >= 11 is 0. The standard InChI is InChI=1S/C13H26N2O3/c1-13(14-2,12(16)17)6-7-15(3)9-11-5-4-8-18-10-11/h11,14H,4-10H2,1-3H3,(H,16,17). The molecule has 1 fully saturated rings. The van der Waals surface area contributed by atoms with E-state index in [4.69, 9.17) is 9.84 Å². The van der Waals surface area contributed by atoms with E-state index < -0.39 is 11.5 Å². The summed E-state index contributed by atoms with van der Waals surface area (Å²) in [7, 11) is 3.75. The third-order valence-corrected chi connectivity index (χ3v) is 3.84. The summed E-state index contributed by atoms with van der Waals surface area (Å²) in [6, 6.07) is 0. The molecule has 5 nitrogen and oxygen atoms in total. The Bertz CT molecular complexity index is 267. The van der Waals surface area contributed by atoms with Gasteiger partial charge in [0.15, 0.2) is 0 Å². The molecule has 2 N–H and O–H groups in total. The van der Waals surface area contributed by atoms with Crippen LogP contribution in [0.3, 0.4) is 0 Å². The minimum atomic E-state index is -0.836. The van der Waals surface area contributed by atoms with Crippen molar-refractivity contribution in [2.24, 2.45) is 5.92 Å². The number of carboxylic acids is 1. The van der Waals surface area contributed by atoms with E-state index in [1.807, 2.05) is 7.05 Å². The van der Waals surface area contributed by atoms with Crippen molar-refractivity contribution < 1.29 is 14.6 Å². The number of nitrogens with one attached hydrogen (secondary N) is 1. The maximum absolute atomic E-state index is 11.2. The first-order chi connectivity index (χ1) is 8.48. The molecule has 1 saturated heterocycles. The second-order valence-corrected chi connectivity index (χ2v) is 5.48. The highest BCUT2D eigenvalue weighted by Gasteiger charge is 2.31. The molecule has 0 aliphatic carbocycles. The van der Waals surface area contributed by atoms with Crippen LogP contribution in [0.5, 0.6) is 0 Å². The van der Waals surface area contributed by atoms with Crippen LogP contribution in [0, 0.1) is 5.92 Å². The van der Waals surface area contributed by atoms with Gasteiger partial charge in [-0.25, -0.2) is 0 Å². The predicted octanol–water partition coefficient (Wildman–Crippen LogP) is 0.798. The minimum absolute atomic E-state index is 0.592. The van der Waals surface area contributed by atoms with Gasteiger partial charge in [-0.05, 0) is 46.2 Å². The summed E-state index contributed by atoms with van der Waals surface area (Å²) in [4.78, 5) is 13.4. The summed E-state index contributed by atoms with van der Waals surface area (Å²) in [6.45, 7) is 5.22. The second-order valence-electron chi connectivity index (χ2n) is 5.48. The molecule has 2 unspecified atom stereocenters. The molecule has 1 aliphatic heterocycles. The number of hydrogen-bond acceptors (Lipinski definition) is 4. The highest BCUT2D eigenvalue weighted by Crippen LogP contribution is 2.16. The van der Waals surface area contributed by atoms with E-state index in [2.05, 4.69) is 10.2 Å². The van der Waals surface area contributed by atoms with Crippen molar-refractivity contribution in [1.82, 2.24) is 10.2 Å². The van der Waals surface area contributed by atoms with Crippen molar-refractivity contribution in [3.05, 3.63) is 0 Å². The zero-order valence-electron chi connectivity index (χ0n) is 11.7. The number of ether oxygens (including phenoxy) is 1. The average Bonchev–Trinajstić information content (AvgIpc) is 2.37. The quantitative estimate of drug-likeness (QED) is 0.707. The number of likely N-dealkylation sites (N-methyl/N-ethyl adjacent to an activating group) is 1. The maximum atomic E-state index is 11.2. The van der Waals surface area contributed by atoms with Gasteiger partial charge in [0.25, 0.3) is 0 Å². The van der Waals surface area contributed by atoms with Gasteiger partial charge in [0.2, 0.25) is 0 Å². The first kappa shape index (κ1) is 15.4. The van der Waals surface area contributed by atoms with Gasteiger partial charge in [0, 0.05) is 19.7 Å². The molecule has 106 valence electrons. The molecule has 0 saturated carbocycles. The number of hydrogen-bond donors (Lipinski definition) is 2. The molecule has 1 aliphatic rings. The highest BCUT2D eigenvalue weighted by atomic mass is 16.5. The number of carbonyl (C=O) groups is 1. The summed E-state index contributed by atoms with van der Waals surface area (Å²) < 4.78 is 5.45. The summed E-state index contributed by atoms with van der Waals surface area (Å²) in [6.07, 6.45) is 2.96. The van der Waals surface area contributed by atoms with Gasteiger partial charge in [0.1, 0.15) is 5.54 Å². The van der Waals surface area contributed by atoms with E-state index in [-0.39, 0.29) is 0 Å². The lowest BCUT2D eigenvalue weighted by molar-refractivity contribution is -0.144. The molecule has 1 heterocycles. The molecule has 0 spiro atoms. The molecule has 0 radical (unpaired) electrons. The van der Waals surface area contributed by atoms with E-state index in [9.17, 15) is 4.79 Å². The molecule has 0 amide bonds. The molecule has 5 heteroatoms. The van der Waals surface area contributed by atoms with Crippen LogP contribution in [-0.2, 0) is 9.53 Å². The van der Waals surface area contributed by atoms with Gasteiger partial charge in [-0.2, -0.15) is 0 Å². The predicted molar refractivity (Wildman–Crippen MR) is 70.8 cm³/mol. The van der Waals surface area contributed by atoms with Crippen LogP contribution in [0.15, 0.2) is 0 Å². The maximum Gasteiger partial charge on any atom is 0.323 e. The first-order valence-electron chi connectivity index (χ1n) is 6.66. The van der Waals surface area contributed by atoms with E-state index >= 15 is 0 Å². The van der Waals surface area contributed by atoms with Gasteiger partial charge in [0.05, 0.1) is 6.61 Å². The highest BCUT2D eigenvalue weighted by molar-refractivity contribution is 5.78. The van der Waals surface area contributed by atoms with Gasteiger partial charge >= 0.3 is 5.97 Å².